The number of hydrogen-bond acceptors (Lipinski definition) is 10. The summed E-state index contributed by atoms with van der Waals surface area (Å²) in [7, 11) is -2.17. The number of epoxide rings is 1. The van der Waals surface area contributed by atoms with E-state index in [2.05, 4.69) is 120 Å². The van der Waals surface area contributed by atoms with E-state index in [9.17, 15) is 9.59 Å². The van der Waals surface area contributed by atoms with Crippen LogP contribution in [-0.2, 0) is 37.0 Å². The third-order valence-corrected chi connectivity index (χ3v) is 30.9. The third kappa shape index (κ3) is 16.5. The topological polar surface area (TPSA) is 109 Å². The molecule has 0 aliphatic carbocycles. The number of nitrogens with zero attached hydrogens (tertiary/aromatic N) is 2. The van der Waals surface area contributed by atoms with Crippen molar-refractivity contribution in [3.05, 3.63) is 36.0 Å². The van der Waals surface area contributed by atoms with Gasteiger partial charge >= 0.3 is 12.1 Å². The summed E-state index contributed by atoms with van der Waals surface area (Å²) >= 11 is 0. The largest absolute Gasteiger partial charge is 0.457 e. The Morgan fingerprint density at radius 1 is 0.896 bits per heavy atom. The van der Waals surface area contributed by atoms with Crippen LogP contribution in [0.5, 0.6) is 0 Å². The minimum atomic E-state index is -2.11. The average Bonchev–Trinajstić information content (AvgIpc) is 4.10. The van der Waals surface area contributed by atoms with Crippen LogP contribution in [0.3, 0.4) is 0 Å². The number of methoxy groups -OCH3 is 1. The first-order valence-electron chi connectivity index (χ1n) is 26.9. The lowest BCUT2D eigenvalue weighted by atomic mass is 9.88. The lowest BCUT2D eigenvalue weighted by Gasteiger charge is -2.39. The van der Waals surface area contributed by atoms with Gasteiger partial charge < -0.3 is 42.0 Å². The molecule has 0 saturated carbocycles. The van der Waals surface area contributed by atoms with E-state index in [1.807, 2.05) is 26.0 Å². The van der Waals surface area contributed by atoms with Gasteiger partial charge in [0.1, 0.15) is 11.7 Å². The molecule has 0 N–H and O–H groups in total. The smallest absolute Gasteiger partial charge is 0.410 e. The van der Waals surface area contributed by atoms with Crippen molar-refractivity contribution >= 4 is 37.0 Å². The number of cyclic esters (lactones) is 1. The van der Waals surface area contributed by atoms with E-state index in [0.717, 1.165) is 85.9 Å². The van der Waals surface area contributed by atoms with E-state index in [0.29, 0.717) is 31.8 Å². The Hall–Kier alpha value is -1.63. The standard InChI is InChI=1S/C53H100N2O9Si3/c1-18-45(63-66(22-5,23-6)24-7)43(13)50-46(59-50)40-52(14,64-67(25-8,26-9)27-10)33-28-29-41(11)49-42(12)30-31-47(60-51(57)55-37-35-54(16)36-38-55)53(15,58-17)34-32-44(39-48(56)61-49)62-65(19-2,20-3)21-4/h28-31,33,42-47,49-50H,18-27,32,34-40H2,1-17H3/b31-30+,33-28+,41-29+/t42-,43?,44+,45?,46+,47-,49+,50+,52?,53+/m0/s1. The van der Waals surface area contributed by atoms with Crippen LogP contribution in [0, 0.1) is 11.8 Å². The molecular weight excluding hydrogens is 893 g/mol. The van der Waals surface area contributed by atoms with Crippen molar-refractivity contribution in [1.29, 1.82) is 0 Å². The zero-order valence-electron chi connectivity index (χ0n) is 45.8. The van der Waals surface area contributed by atoms with Gasteiger partial charge in [-0.25, -0.2) is 4.79 Å². The highest BCUT2D eigenvalue weighted by Gasteiger charge is 2.51. The Kier molecular flexibility index (Phi) is 24.3. The lowest BCUT2D eigenvalue weighted by Crippen LogP contribution is -2.51. The van der Waals surface area contributed by atoms with Gasteiger partial charge in [0.2, 0.25) is 0 Å². The molecule has 67 heavy (non-hydrogen) atoms. The van der Waals surface area contributed by atoms with Crippen molar-refractivity contribution in [2.24, 2.45) is 11.8 Å². The van der Waals surface area contributed by atoms with Gasteiger partial charge in [0.25, 0.3) is 0 Å². The van der Waals surface area contributed by atoms with Crippen LogP contribution < -0.4 is 0 Å². The van der Waals surface area contributed by atoms with Crippen molar-refractivity contribution < 1.29 is 41.8 Å². The Morgan fingerprint density at radius 2 is 1.46 bits per heavy atom. The van der Waals surface area contributed by atoms with E-state index >= 15 is 0 Å². The van der Waals surface area contributed by atoms with Gasteiger partial charge in [-0.1, -0.05) is 107 Å². The summed E-state index contributed by atoms with van der Waals surface area (Å²) in [4.78, 5) is 32.0. The van der Waals surface area contributed by atoms with Crippen molar-refractivity contribution in [3.8, 4) is 0 Å². The molecule has 3 heterocycles. The molecule has 0 bridgehead atoms. The summed E-state index contributed by atoms with van der Waals surface area (Å²) < 4.78 is 47.2. The first-order chi connectivity index (χ1) is 31.7. The number of rotatable bonds is 25. The van der Waals surface area contributed by atoms with Gasteiger partial charge in [-0.15, -0.1) is 0 Å². The van der Waals surface area contributed by atoms with Crippen molar-refractivity contribution in [2.75, 3.05) is 40.3 Å². The molecule has 0 spiro atoms. The molecule has 0 aromatic rings. The van der Waals surface area contributed by atoms with E-state index in [4.69, 9.17) is 32.2 Å². The summed E-state index contributed by atoms with van der Waals surface area (Å²) in [5, 5.41) is 0. The van der Waals surface area contributed by atoms with Crippen LogP contribution in [0.1, 0.15) is 136 Å². The Bertz CT molecular complexity index is 1570. The number of carbonyl (C=O) groups excluding carboxylic acids is 2. The SMILES string of the molecule is CCC(O[Si](CC)(CC)CC)C(C)[C@H]1O[C@@H]1CC(C)(/C=C/C=C(\C)[C@H]1OC(=O)C[C@H](O[Si](CC)(CC)CC)CC[C@@](C)(OC)[C@@H](OC(=O)N2CCN(C)CC2)/C=C/[C@@H]1C)O[Si](CC)(CC)CC. The first-order valence-corrected chi connectivity index (χ1v) is 34.4. The quantitative estimate of drug-likeness (QED) is 0.0288. The first kappa shape index (κ1) is 59.7. The molecular formula is C53H100N2O9Si3. The number of carbonyl (C=O) groups is 2. The lowest BCUT2D eigenvalue weighted by molar-refractivity contribution is -0.151. The second-order valence-corrected chi connectivity index (χ2v) is 35.1. The third-order valence-electron chi connectivity index (χ3n) is 16.8. The number of piperazine rings is 1. The molecule has 0 radical (unpaired) electrons. The molecule has 11 nitrogen and oxygen atoms in total. The molecule has 14 heteroatoms. The van der Waals surface area contributed by atoms with E-state index in [1.54, 1.807) is 12.0 Å². The molecule has 2 fully saturated rings. The van der Waals surface area contributed by atoms with E-state index in [1.165, 1.54) is 0 Å². The summed E-state index contributed by atoms with van der Waals surface area (Å²) in [5.41, 5.74) is -0.504. The van der Waals surface area contributed by atoms with Gasteiger partial charge in [0, 0.05) is 57.6 Å². The van der Waals surface area contributed by atoms with Crippen LogP contribution in [-0.4, -0.2) is 135 Å². The molecule has 3 aliphatic heterocycles. The maximum Gasteiger partial charge on any atom is 0.410 e. The summed E-state index contributed by atoms with van der Waals surface area (Å²) in [6.45, 7) is 36.1. The average molecular weight is 994 g/mol. The zero-order chi connectivity index (χ0) is 50.2. The minimum absolute atomic E-state index is 0.0872. The molecule has 388 valence electrons. The predicted molar refractivity (Wildman–Crippen MR) is 283 cm³/mol. The normalized spacial score (nSPS) is 28.8. The maximum atomic E-state index is 14.2. The van der Waals surface area contributed by atoms with E-state index in [-0.39, 0.29) is 48.8 Å². The predicted octanol–water partition coefficient (Wildman–Crippen LogP) is 12.7. The number of allylic oxidation sites excluding steroid dienone is 2. The summed E-state index contributed by atoms with van der Waals surface area (Å²) in [6, 6.07) is 9.47. The van der Waals surface area contributed by atoms with Gasteiger partial charge in [0.05, 0.1) is 30.3 Å². The molecule has 3 aliphatic rings. The highest BCUT2D eigenvalue weighted by molar-refractivity contribution is 6.74. The Balaban J connectivity index is 2.03. The van der Waals surface area contributed by atoms with Crippen LogP contribution in [0.2, 0.25) is 54.4 Å². The highest BCUT2D eigenvalue weighted by atomic mass is 28.4. The van der Waals surface area contributed by atoms with E-state index < -0.39 is 48.4 Å². The van der Waals surface area contributed by atoms with Crippen LogP contribution >= 0.6 is 0 Å². The Morgan fingerprint density at radius 3 is 1.99 bits per heavy atom. The van der Waals surface area contributed by atoms with Gasteiger partial charge in [-0.2, -0.15) is 0 Å². The molecule has 0 aromatic carbocycles. The second kappa shape index (κ2) is 27.3. The fraction of sp³-hybridized carbons (Fsp3) is 0.849. The molecule has 1 amide bonds. The number of likely N-dealkylation sites (N-methyl/N-ethyl adjacent to an activating group) is 1. The van der Waals surface area contributed by atoms with Crippen LogP contribution in [0.4, 0.5) is 4.79 Å². The Labute approximate surface area is 413 Å². The van der Waals surface area contributed by atoms with Crippen molar-refractivity contribution in [3.63, 3.8) is 0 Å². The van der Waals surface area contributed by atoms with Crippen LogP contribution in [0.15, 0.2) is 36.0 Å². The fourth-order valence-electron chi connectivity index (χ4n) is 10.7. The molecule has 2 saturated heterocycles. The van der Waals surface area contributed by atoms with Gasteiger partial charge in [0.15, 0.2) is 31.1 Å². The minimum Gasteiger partial charge on any atom is -0.457 e. The fourth-order valence-corrected chi connectivity index (χ4v) is 19.7. The highest BCUT2D eigenvalue weighted by Crippen LogP contribution is 2.43. The van der Waals surface area contributed by atoms with Gasteiger partial charge in [-0.3, -0.25) is 4.79 Å². The maximum absolute atomic E-state index is 14.2. The molecule has 10 atom stereocenters. The summed E-state index contributed by atoms with van der Waals surface area (Å²) in [6.07, 6.45) is 11.9. The van der Waals surface area contributed by atoms with Crippen LogP contribution in [0.25, 0.3) is 0 Å². The monoisotopic (exact) mass is 993 g/mol. The second-order valence-electron chi connectivity index (χ2n) is 20.9. The van der Waals surface area contributed by atoms with Crippen molar-refractivity contribution in [2.45, 2.75) is 238 Å². The number of amides is 1. The van der Waals surface area contributed by atoms with Gasteiger partial charge in [-0.05, 0) is 113 Å². The molecule has 0 aromatic heterocycles. The number of hydrogen-bond donors (Lipinski definition) is 0. The number of esters is 1. The summed E-state index contributed by atoms with van der Waals surface area (Å²) in [5.74, 6) is -0.225. The van der Waals surface area contributed by atoms with Crippen molar-refractivity contribution in [1.82, 2.24) is 9.80 Å². The molecule has 3 unspecified atom stereocenters. The number of ether oxygens (including phenoxy) is 4. The molecule has 3 rings (SSSR count). The zero-order valence-corrected chi connectivity index (χ0v) is 48.8.